The molecule has 1 aliphatic carbocycles. The lowest BCUT2D eigenvalue weighted by Crippen LogP contribution is -2.41. The molecule has 1 fully saturated rings. The number of hydrogen-bond acceptors (Lipinski definition) is 2. The first-order valence-corrected chi connectivity index (χ1v) is 5.60. The maximum Gasteiger partial charge on any atom is 0.303 e. The van der Waals surface area contributed by atoms with Crippen molar-refractivity contribution in [1.29, 1.82) is 0 Å². The molecule has 4 heteroatoms. The molecule has 0 bridgehead atoms. The predicted molar refractivity (Wildman–Crippen MR) is 56.4 cm³/mol. The van der Waals surface area contributed by atoms with Gasteiger partial charge >= 0.3 is 5.97 Å². The lowest BCUT2D eigenvalue weighted by Gasteiger charge is -2.29. The van der Waals surface area contributed by atoms with Crippen molar-refractivity contribution in [3.8, 4) is 0 Å². The molecule has 1 aliphatic rings. The first kappa shape index (κ1) is 12.0. The number of hydrogen-bond donors (Lipinski definition) is 2. The molecule has 15 heavy (non-hydrogen) atoms. The summed E-state index contributed by atoms with van der Waals surface area (Å²) in [6, 6.07) is 0.250. The molecular weight excluding hydrogens is 194 g/mol. The van der Waals surface area contributed by atoms with E-state index >= 15 is 0 Å². The minimum atomic E-state index is -0.915. The molecule has 1 amide bonds. The molecule has 2 atom stereocenters. The summed E-state index contributed by atoms with van der Waals surface area (Å²) in [5.41, 5.74) is 0. The van der Waals surface area contributed by atoms with Crippen LogP contribution in [0, 0.1) is 5.92 Å². The van der Waals surface area contributed by atoms with E-state index in [9.17, 15) is 9.59 Å². The second-order valence-electron chi connectivity index (χ2n) is 4.33. The predicted octanol–water partition coefficient (Wildman–Crippen LogP) is 1.55. The third-order valence-electron chi connectivity index (χ3n) is 3.02. The van der Waals surface area contributed by atoms with Crippen LogP contribution in [0.1, 0.15) is 45.4 Å². The minimum Gasteiger partial charge on any atom is -0.481 e. The molecule has 1 saturated carbocycles. The molecule has 4 nitrogen and oxygen atoms in total. The largest absolute Gasteiger partial charge is 0.481 e. The van der Waals surface area contributed by atoms with E-state index in [0.717, 1.165) is 19.3 Å². The fraction of sp³-hybridized carbons (Fsp3) is 0.818. The summed E-state index contributed by atoms with van der Waals surface area (Å²) in [7, 11) is 0. The lowest BCUT2D eigenvalue weighted by atomic mass is 9.86. The summed E-state index contributed by atoms with van der Waals surface area (Å²) in [6.45, 7) is 2.14. The molecule has 86 valence electrons. The van der Waals surface area contributed by atoms with Gasteiger partial charge in [-0.1, -0.05) is 19.8 Å². The van der Waals surface area contributed by atoms with E-state index in [0.29, 0.717) is 5.92 Å². The van der Waals surface area contributed by atoms with Gasteiger partial charge in [0.15, 0.2) is 0 Å². The highest BCUT2D eigenvalue weighted by molar-refractivity contribution is 5.80. The van der Waals surface area contributed by atoms with Gasteiger partial charge in [0.05, 0.1) is 6.42 Å². The number of nitrogens with one attached hydrogen (secondary N) is 1. The smallest absolute Gasteiger partial charge is 0.303 e. The van der Waals surface area contributed by atoms with Crippen molar-refractivity contribution < 1.29 is 14.7 Å². The molecule has 1 rings (SSSR count). The van der Waals surface area contributed by atoms with Crippen LogP contribution < -0.4 is 5.32 Å². The van der Waals surface area contributed by atoms with E-state index < -0.39 is 5.97 Å². The van der Waals surface area contributed by atoms with Gasteiger partial charge in [0, 0.05) is 12.5 Å². The van der Waals surface area contributed by atoms with E-state index in [2.05, 4.69) is 12.2 Å². The summed E-state index contributed by atoms with van der Waals surface area (Å²) in [6.07, 6.45) is 4.60. The molecule has 0 aromatic carbocycles. The van der Waals surface area contributed by atoms with Gasteiger partial charge in [-0.15, -0.1) is 0 Å². The normalized spacial score (nSPS) is 25.9. The SMILES string of the molecule is CC1CCCCC1NC(=O)CCC(=O)O. The molecule has 0 heterocycles. The van der Waals surface area contributed by atoms with Crippen LogP contribution in [0.2, 0.25) is 0 Å². The third-order valence-corrected chi connectivity index (χ3v) is 3.02. The third kappa shape index (κ3) is 4.32. The average Bonchev–Trinajstić information content (AvgIpc) is 2.18. The fourth-order valence-corrected chi connectivity index (χ4v) is 2.03. The minimum absolute atomic E-state index is 0.0765. The van der Waals surface area contributed by atoms with Crippen molar-refractivity contribution in [2.45, 2.75) is 51.5 Å². The average molecular weight is 213 g/mol. The Morgan fingerprint density at radius 2 is 1.93 bits per heavy atom. The van der Waals surface area contributed by atoms with E-state index in [4.69, 9.17) is 5.11 Å². The fourth-order valence-electron chi connectivity index (χ4n) is 2.03. The first-order valence-electron chi connectivity index (χ1n) is 5.60. The van der Waals surface area contributed by atoms with Crippen LogP contribution in [0.4, 0.5) is 0 Å². The zero-order valence-corrected chi connectivity index (χ0v) is 9.16. The van der Waals surface area contributed by atoms with Crippen LogP contribution in [0.25, 0.3) is 0 Å². The van der Waals surface area contributed by atoms with Crippen molar-refractivity contribution in [3.05, 3.63) is 0 Å². The Morgan fingerprint density at radius 3 is 2.53 bits per heavy atom. The Kier molecular flexibility index (Phi) is 4.59. The van der Waals surface area contributed by atoms with Crippen molar-refractivity contribution in [1.82, 2.24) is 5.32 Å². The Morgan fingerprint density at radius 1 is 1.27 bits per heavy atom. The maximum atomic E-state index is 11.4. The monoisotopic (exact) mass is 213 g/mol. The number of carbonyl (C=O) groups is 2. The van der Waals surface area contributed by atoms with Gasteiger partial charge in [-0.25, -0.2) is 0 Å². The van der Waals surface area contributed by atoms with Gasteiger partial charge in [-0.05, 0) is 18.8 Å². The molecule has 2 N–H and O–H groups in total. The summed E-state index contributed by atoms with van der Waals surface area (Å²) >= 11 is 0. The molecule has 0 aliphatic heterocycles. The molecule has 0 aromatic heterocycles. The van der Waals surface area contributed by atoms with Crippen molar-refractivity contribution in [3.63, 3.8) is 0 Å². The number of carboxylic acids is 1. The molecule has 0 saturated heterocycles. The Hall–Kier alpha value is -1.06. The molecule has 0 radical (unpaired) electrons. The Labute approximate surface area is 90.0 Å². The van der Waals surface area contributed by atoms with E-state index in [1.54, 1.807) is 0 Å². The van der Waals surface area contributed by atoms with Gasteiger partial charge in [-0.3, -0.25) is 9.59 Å². The quantitative estimate of drug-likeness (QED) is 0.744. The van der Waals surface area contributed by atoms with E-state index in [-0.39, 0.29) is 24.8 Å². The highest BCUT2D eigenvalue weighted by Gasteiger charge is 2.22. The van der Waals surface area contributed by atoms with Gasteiger partial charge in [0.1, 0.15) is 0 Å². The molecular formula is C11H19NO3. The highest BCUT2D eigenvalue weighted by Crippen LogP contribution is 2.23. The van der Waals surface area contributed by atoms with Crippen molar-refractivity contribution >= 4 is 11.9 Å². The van der Waals surface area contributed by atoms with Gasteiger partial charge in [0.2, 0.25) is 5.91 Å². The van der Waals surface area contributed by atoms with Crippen LogP contribution in [-0.2, 0) is 9.59 Å². The van der Waals surface area contributed by atoms with Gasteiger partial charge < -0.3 is 10.4 Å². The van der Waals surface area contributed by atoms with E-state index in [1.165, 1.54) is 6.42 Å². The van der Waals surface area contributed by atoms with Gasteiger partial charge in [0.25, 0.3) is 0 Å². The second kappa shape index (κ2) is 5.73. The Balaban J connectivity index is 2.26. The van der Waals surface area contributed by atoms with Gasteiger partial charge in [-0.2, -0.15) is 0 Å². The van der Waals surface area contributed by atoms with Crippen LogP contribution in [-0.4, -0.2) is 23.0 Å². The number of carbonyl (C=O) groups excluding carboxylic acids is 1. The van der Waals surface area contributed by atoms with Crippen molar-refractivity contribution in [2.75, 3.05) is 0 Å². The zero-order chi connectivity index (χ0) is 11.3. The summed E-state index contributed by atoms with van der Waals surface area (Å²) in [5.74, 6) is -0.523. The molecule has 0 spiro atoms. The standard InChI is InChI=1S/C11H19NO3/c1-8-4-2-3-5-9(8)12-10(13)6-7-11(14)15/h8-9H,2-7H2,1H3,(H,12,13)(H,14,15). The van der Waals surface area contributed by atoms with Crippen molar-refractivity contribution in [2.24, 2.45) is 5.92 Å². The van der Waals surface area contributed by atoms with Crippen LogP contribution in [0.3, 0.4) is 0 Å². The van der Waals surface area contributed by atoms with Crippen LogP contribution in [0.5, 0.6) is 0 Å². The molecule has 2 unspecified atom stereocenters. The summed E-state index contributed by atoms with van der Waals surface area (Å²) < 4.78 is 0. The second-order valence-corrected chi connectivity index (χ2v) is 4.33. The topological polar surface area (TPSA) is 66.4 Å². The summed E-state index contributed by atoms with van der Waals surface area (Å²) in [5, 5.41) is 11.4. The highest BCUT2D eigenvalue weighted by atomic mass is 16.4. The first-order chi connectivity index (χ1) is 7.09. The number of rotatable bonds is 4. The maximum absolute atomic E-state index is 11.4. The number of aliphatic carboxylic acids is 1. The lowest BCUT2D eigenvalue weighted by molar-refractivity contribution is -0.139. The summed E-state index contributed by atoms with van der Waals surface area (Å²) in [4.78, 5) is 21.7. The number of carboxylic acid groups (broad SMARTS) is 1. The number of amides is 1. The van der Waals surface area contributed by atoms with Crippen LogP contribution in [0.15, 0.2) is 0 Å². The Bertz CT molecular complexity index is 240. The van der Waals surface area contributed by atoms with E-state index in [1.807, 2.05) is 0 Å². The van der Waals surface area contributed by atoms with Crippen LogP contribution >= 0.6 is 0 Å². The zero-order valence-electron chi connectivity index (χ0n) is 9.16. The molecule has 0 aromatic rings.